The molecule has 0 spiro atoms. The zero-order valence-electron chi connectivity index (χ0n) is 10.8. The van der Waals surface area contributed by atoms with Crippen LogP contribution < -0.4 is 31.4 Å². The van der Waals surface area contributed by atoms with Crippen molar-refractivity contribution in [2.45, 2.75) is 0 Å². The van der Waals surface area contributed by atoms with Gasteiger partial charge in [0.25, 0.3) is 0 Å². The van der Waals surface area contributed by atoms with Crippen molar-refractivity contribution >= 4 is 11.7 Å². The van der Waals surface area contributed by atoms with Gasteiger partial charge in [-0.25, -0.2) is 4.79 Å². The minimum Gasteiger partial charge on any atom is -1.00 e. The maximum atomic E-state index is 11.8. The Balaban J connectivity index is 0.00000180. The van der Waals surface area contributed by atoms with E-state index in [1.54, 1.807) is 36.7 Å². The van der Waals surface area contributed by atoms with E-state index < -0.39 is 0 Å². The van der Waals surface area contributed by atoms with Gasteiger partial charge in [0.05, 0.1) is 5.56 Å². The van der Waals surface area contributed by atoms with Crippen molar-refractivity contribution in [1.29, 1.82) is 0 Å². The summed E-state index contributed by atoms with van der Waals surface area (Å²) in [5, 5.41) is 0. The Bertz CT molecular complexity index is 527. The van der Waals surface area contributed by atoms with Crippen molar-refractivity contribution in [3.8, 4) is 0 Å². The molecule has 19 heavy (non-hydrogen) atoms. The summed E-state index contributed by atoms with van der Waals surface area (Å²) in [5.74, 6) is -0.377. The summed E-state index contributed by atoms with van der Waals surface area (Å²) in [5.41, 5.74) is 1.57. The summed E-state index contributed by atoms with van der Waals surface area (Å²) in [6.07, 6.45) is 3.41. The van der Waals surface area contributed by atoms with Crippen LogP contribution in [0.4, 0.5) is 5.69 Å². The van der Waals surface area contributed by atoms with Crippen molar-refractivity contribution < 1.29 is 31.3 Å². The van der Waals surface area contributed by atoms with Gasteiger partial charge in [-0.15, -0.1) is 0 Å². The average Bonchev–Trinajstić information content (AvgIpc) is 2.40. The molecule has 4 nitrogen and oxygen atoms in total. The van der Waals surface area contributed by atoms with Crippen molar-refractivity contribution in [3.63, 3.8) is 0 Å². The summed E-state index contributed by atoms with van der Waals surface area (Å²) >= 11 is 0. The van der Waals surface area contributed by atoms with Crippen LogP contribution in [-0.2, 0) is 0 Å². The molecular weight excluding hydrogens is 308 g/mol. The molecule has 1 aromatic carbocycles. The first-order chi connectivity index (χ1) is 8.66. The van der Waals surface area contributed by atoms with Gasteiger partial charge in [-0.3, -0.25) is 0 Å². The molecule has 100 valence electrons. The number of rotatable bonds is 3. The van der Waals surface area contributed by atoms with Crippen LogP contribution in [0, 0.1) is 0 Å². The number of hydrogen-bond acceptors (Lipinski definition) is 3. The predicted octanol–water partition coefficient (Wildman–Crippen LogP) is -1.69. The van der Waals surface area contributed by atoms with Crippen molar-refractivity contribution in [2.75, 3.05) is 19.0 Å². The maximum absolute atomic E-state index is 11.8. The second-order valence-electron chi connectivity index (χ2n) is 4.06. The van der Waals surface area contributed by atoms with E-state index in [0.29, 0.717) is 5.56 Å². The molecule has 0 aliphatic carbocycles. The monoisotopic (exact) mass is 322 g/mol. The molecule has 0 aliphatic heterocycles. The maximum Gasteiger partial charge on any atom is 0.411 e. The zero-order valence-corrected chi connectivity index (χ0v) is 12.4. The van der Waals surface area contributed by atoms with E-state index in [9.17, 15) is 4.79 Å². The van der Waals surface area contributed by atoms with Gasteiger partial charge in [-0.05, 0) is 12.1 Å². The lowest BCUT2D eigenvalue weighted by Crippen LogP contribution is -3.00. The van der Waals surface area contributed by atoms with Crippen molar-refractivity contribution in [2.24, 2.45) is 0 Å². The van der Waals surface area contributed by atoms with E-state index in [-0.39, 0.29) is 23.0 Å². The number of benzene rings is 1. The smallest absolute Gasteiger partial charge is 0.411 e. The van der Waals surface area contributed by atoms with Gasteiger partial charge in [-0.2, -0.15) is 4.84 Å². The molecule has 0 saturated carbocycles. The van der Waals surface area contributed by atoms with Gasteiger partial charge in [0.2, 0.25) is 12.4 Å². The Morgan fingerprint density at radius 1 is 1.05 bits per heavy atom. The molecule has 0 aliphatic rings. The van der Waals surface area contributed by atoms with Gasteiger partial charge >= 0.3 is 5.97 Å². The fourth-order valence-electron chi connectivity index (χ4n) is 1.49. The Morgan fingerprint density at radius 3 is 2.16 bits per heavy atom. The van der Waals surface area contributed by atoms with Crippen LogP contribution in [0.1, 0.15) is 10.4 Å². The normalized spacial score (nSPS) is 9.37. The summed E-state index contributed by atoms with van der Waals surface area (Å²) in [6.45, 7) is 0. The van der Waals surface area contributed by atoms with Crippen molar-refractivity contribution in [1.82, 2.24) is 0 Å². The quantitative estimate of drug-likeness (QED) is 0.633. The SMILES string of the molecule is CN(C)c1cc[n+](OC(=O)c2ccccc2)cc1.[Br-]. The highest BCUT2D eigenvalue weighted by molar-refractivity contribution is 5.88. The van der Waals surface area contributed by atoms with Crippen LogP contribution in [0.3, 0.4) is 0 Å². The van der Waals surface area contributed by atoms with Gasteiger partial charge in [0, 0.05) is 36.6 Å². The van der Waals surface area contributed by atoms with Crippen LogP contribution in [-0.4, -0.2) is 20.1 Å². The molecule has 0 amide bonds. The van der Waals surface area contributed by atoms with E-state index >= 15 is 0 Å². The van der Waals surface area contributed by atoms with E-state index in [1.807, 2.05) is 37.2 Å². The minimum absolute atomic E-state index is 0. The molecular formula is C14H15BrN2O2. The second kappa shape index (κ2) is 6.89. The number of halogens is 1. The predicted molar refractivity (Wildman–Crippen MR) is 68.3 cm³/mol. The fourth-order valence-corrected chi connectivity index (χ4v) is 1.49. The van der Waals surface area contributed by atoms with Crippen molar-refractivity contribution in [3.05, 3.63) is 60.4 Å². The molecule has 0 bridgehead atoms. The molecule has 0 saturated heterocycles. The molecule has 0 fully saturated rings. The molecule has 0 unspecified atom stereocenters. The molecule has 0 radical (unpaired) electrons. The second-order valence-corrected chi connectivity index (χ2v) is 4.06. The largest absolute Gasteiger partial charge is 1.00 e. The van der Waals surface area contributed by atoms with Gasteiger partial charge in [0.15, 0.2) is 0 Å². The van der Waals surface area contributed by atoms with E-state index in [4.69, 9.17) is 4.84 Å². The van der Waals surface area contributed by atoms with Gasteiger partial charge in [0.1, 0.15) is 0 Å². The molecule has 1 aromatic heterocycles. The molecule has 1 heterocycles. The van der Waals surface area contributed by atoms with Gasteiger partial charge < -0.3 is 21.9 Å². The number of nitrogens with zero attached hydrogens (tertiary/aromatic N) is 2. The topological polar surface area (TPSA) is 33.4 Å². The highest BCUT2D eigenvalue weighted by Gasteiger charge is 2.13. The molecule has 5 heteroatoms. The number of carbonyl (C=O) groups is 1. The zero-order chi connectivity index (χ0) is 13.0. The molecule has 0 atom stereocenters. The lowest BCUT2D eigenvalue weighted by molar-refractivity contribution is -0.868. The number of pyridine rings is 1. The number of aromatic nitrogens is 1. The number of hydrogen-bond donors (Lipinski definition) is 0. The summed E-state index contributed by atoms with van der Waals surface area (Å²) in [7, 11) is 3.91. The Labute approximate surface area is 123 Å². The lowest BCUT2D eigenvalue weighted by Gasteiger charge is -2.09. The third kappa shape index (κ3) is 4.06. The molecule has 2 rings (SSSR count). The Morgan fingerprint density at radius 2 is 1.63 bits per heavy atom. The number of carbonyl (C=O) groups excluding carboxylic acids is 1. The van der Waals surface area contributed by atoms with E-state index in [2.05, 4.69) is 0 Å². The van der Waals surface area contributed by atoms with Crippen LogP contribution >= 0.6 is 0 Å². The van der Waals surface area contributed by atoms with E-state index in [0.717, 1.165) is 5.69 Å². The third-order valence-corrected chi connectivity index (χ3v) is 2.50. The highest BCUT2D eigenvalue weighted by atomic mass is 79.9. The van der Waals surface area contributed by atoms with Crippen LogP contribution in [0.5, 0.6) is 0 Å². The van der Waals surface area contributed by atoms with Crippen LogP contribution in [0.25, 0.3) is 0 Å². The fraction of sp³-hybridized carbons (Fsp3) is 0.143. The minimum atomic E-state index is -0.377. The highest BCUT2D eigenvalue weighted by Crippen LogP contribution is 2.05. The Kier molecular flexibility index (Phi) is 5.51. The first-order valence-corrected chi connectivity index (χ1v) is 5.63. The molecule has 2 aromatic rings. The first-order valence-electron chi connectivity index (χ1n) is 5.63. The lowest BCUT2D eigenvalue weighted by atomic mass is 10.2. The standard InChI is InChI=1S/C14H15N2O2.BrH/c1-15(2)13-8-10-16(11-9-13)18-14(17)12-6-4-3-5-7-12;/h3-11H,1-2H3;1H/q+1;/p-1. The first kappa shape index (κ1) is 15.2. The van der Waals surface area contributed by atoms with Crippen LogP contribution in [0.15, 0.2) is 54.9 Å². The average molecular weight is 323 g/mol. The number of anilines is 1. The third-order valence-electron chi connectivity index (χ3n) is 2.50. The van der Waals surface area contributed by atoms with E-state index in [1.165, 1.54) is 4.73 Å². The van der Waals surface area contributed by atoms with Crippen LogP contribution in [0.2, 0.25) is 0 Å². The summed E-state index contributed by atoms with van der Waals surface area (Å²) < 4.78 is 1.39. The van der Waals surface area contributed by atoms with Gasteiger partial charge in [-0.1, -0.05) is 18.2 Å². The summed E-state index contributed by atoms with van der Waals surface area (Å²) in [6, 6.07) is 12.6. The Hall–Kier alpha value is -1.88. The molecule has 0 N–H and O–H groups in total. The summed E-state index contributed by atoms with van der Waals surface area (Å²) in [4.78, 5) is 18.9.